The number of rotatable bonds is 3. The smallest absolute Gasteiger partial charge is 0.246 e. The van der Waals surface area contributed by atoms with Crippen molar-refractivity contribution in [1.82, 2.24) is 4.31 Å². The second-order valence-electron chi connectivity index (χ2n) is 4.32. The number of halogens is 4. The monoisotopic (exact) mass is 330 g/mol. The van der Waals surface area contributed by atoms with Gasteiger partial charge in [-0.1, -0.05) is 0 Å². The lowest BCUT2D eigenvalue weighted by atomic mass is 10.2. The van der Waals surface area contributed by atoms with Crippen LogP contribution >= 0.6 is 12.4 Å². The lowest BCUT2D eigenvalue weighted by molar-refractivity contribution is 0.384. The van der Waals surface area contributed by atoms with Gasteiger partial charge >= 0.3 is 0 Å². The summed E-state index contributed by atoms with van der Waals surface area (Å²) in [4.78, 5) is -0.855. The van der Waals surface area contributed by atoms with E-state index >= 15 is 0 Å². The highest BCUT2D eigenvalue weighted by atomic mass is 35.5. The van der Waals surface area contributed by atoms with Crippen molar-refractivity contribution in [2.45, 2.75) is 23.8 Å². The van der Waals surface area contributed by atoms with Gasteiger partial charge in [0.15, 0.2) is 17.5 Å². The third kappa shape index (κ3) is 2.78. The van der Waals surface area contributed by atoms with Crippen LogP contribution in [0.1, 0.15) is 12.8 Å². The summed E-state index contributed by atoms with van der Waals surface area (Å²) in [6.07, 6.45) is 1.17. The first kappa shape index (κ1) is 17.2. The van der Waals surface area contributed by atoms with Gasteiger partial charge in [-0.15, -0.1) is 12.4 Å². The van der Waals surface area contributed by atoms with Gasteiger partial charge in [0.1, 0.15) is 4.90 Å². The molecule has 1 aliphatic heterocycles. The van der Waals surface area contributed by atoms with Crippen LogP contribution in [0.4, 0.5) is 13.2 Å². The van der Waals surface area contributed by atoms with Crippen LogP contribution in [0.2, 0.25) is 0 Å². The van der Waals surface area contributed by atoms with Crippen LogP contribution in [0.15, 0.2) is 17.0 Å². The summed E-state index contributed by atoms with van der Waals surface area (Å²) in [5, 5.41) is 0. The van der Waals surface area contributed by atoms with E-state index in [-0.39, 0.29) is 25.5 Å². The Kier molecular flexibility index (Phi) is 5.42. The van der Waals surface area contributed by atoms with Crippen LogP contribution in [0.25, 0.3) is 0 Å². The molecular formula is C11H14ClF3N2O2S. The largest absolute Gasteiger partial charge is 0.329 e. The van der Waals surface area contributed by atoms with E-state index in [1.807, 2.05) is 0 Å². The van der Waals surface area contributed by atoms with Crippen molar-refractivity contribution in [2.75, 3.05) is 13.1 Å². The average molecular weight is 331 g/mol. The topological polar surface area (TPSA) is 63.4 Å². The molecule has 1 saturated heterocycles. The zero-order chi connectivity index (χ0) is 14.2. The fourth-order valence-electron chi connectivity index (χ4n) is 2.19. The minimum Gasteiger partial charge on any atom is -0.329 e. The Morgan fingerprint density at radius 2 is 1.90 bits per heavy atom. The summed E-state index contributed by atoms with van der Waals surface area (Å²) < 4.78 is 65.0. The van der Waals surface area contributed by atoms with E-state index in [2.05, 4.69) is 0 Å². The maximum atomic E-state index is 13.6. The minimum absolute atomic E-state index is 0. The van der Waals surface area contributed by atoms with Crippen molar-refractivity contribution < 1.29 is 21.6 Å². The van der Waals surface area contributed by atoms with Crippen LogP contribution in [-0.2, 0) is 10.0 Å². The lowest BCUT2D eigenvalue weighted by Crippen LogP contribution is -2.40. The quantitative estimate of drug-likeness (QED) is 0.857. The maximum Gasteiger partial charge on any atom is 0.246 e. The molecule has 0 aromatic heterocycles. The van der Waals surface area contributed by atoms with Gasteiger partial charge in [0, 0.05) is 19.1 Å². The molecule has 1 fully saturated rings. The summed E-state index contributed by atoms with van der Waals surface area (Å²) in [6.45, 7) is 0.299. The summed E-state index contributed by atoms with van der Waals surface area (Å²) in [5.41, 5.74) is 5.46. The Hall–Kier alpha value is -0.830. The molecule has 1 aromatic rings. The van der Waals surface area contributed by atoms with Crippen molar-refractivity contribution in [3.05, 3.63) is 29.6 Å². The predicted octanol–water partition coefficient (Wildman–Crippen LogP) is 1.64. The number of benzene rings is 1. The number of hydrogen-bond donors (Lipinski definition) is 1. The molecule has 2 N–H and O–H groups in total. The third-order valence-electron chi connectivity index (χ3n) is 3.18. The number of nitrogens with zero attached hydrogens (tertiary/aromatic N) is 1. The summed E-state index contributed by atoms with van der Waals surface area (Å²) in [5.74, 6) is -4.90. The molecule has 0 bridgehead atoms. The van der Waals surface area contributed by atoms with Crippen molar-refractivity contribution in [2.24, 2.45) is 5.73 Å². The van der Waals surface area contributed by atoms with E-state index in [0.29, 0.717) is 18.9 Å². The van der Waals surface area contributed by atoms with E-state index in [1.165, 1.54) is 0 Å². The van der Waals surface area contributed by atoms with Crippen molar-refractivity contribution in [3.63, 3.8) is 0 Å². The van der Waals surface area contributed by atoms with Crippen LogP contribution in [0.3, 0.4) is 0 Å². The molecule has 0 radical (unpaired) electrons. The van der Waals surface area contributed by atoms with Gasteiger partial charge in [0.2, 0.25) is 10.0 Å². The highest BCUT2D eigenvalue weighted by molar-refractivity contribution is 7.89. The number of sulfonamides is 1. The second kappa shape index (κ2) is 6.30. The van der Waals surface area contributed by atoms with Crippen molar-refractivity contribution in [1.29, 1.82) is 0 Å². The molecule has 0 saturated carbocycles. The van der Waals surface area contributed by atoms with Crippen LogP contribution in [0, 0.1) is 17.5 Å². The molecule has 0 aliphatic carbocycles. The first-order valence-electron chi connectivity index (χ1n) is 5.75. The van der Waals surface area contributed by atoms with Gasteiger partial charge in [-0.05, 0) is 25.0 Å². The normalized spacial score (nSPS) is 19.9. The molecule has 4 nitrogen and oxygen atoms in total. The second-order valence-corrected chi connectivity index (χ2v) is 6.18. The average Bonchev–Trinajstić information content (AvgIpc) is 2.84. The van der Waals surface area contributed by atoms with E-state index < -0.39 is 38.4 Å². The lowest BCUT2D eigenvalue weighted by Gasteiger charge is -2.23. The molecule has 9 heteroatoms. The Labute approximate surface area is 121 Å². The first-order valence-corrected chi connectivity index (χ1v) is 7.19. The molecule has 114 valence electrons. The van der Waals surface area contributed by atoms with E-state index in [1.54, 1.807) is 0 Å². The number of nitrogens with two attached hydrogens (primary N) is 1. The van der Waals surface area contributed by atoms with Gasteiger partial charge in [-0.2, -0.15) is 4.31 Å². The van der Waals surface area contributed by atoms with E-state index in [4.69, 9.17) is 5.73 Å². The summed E-state index contributed by atoms with van der Waals surface area (Å²) in [6, 6.07) is 0.894. The van der Waals surface area contributed by atoms with Crippen LogP contribution < -0.4 is 5.73 Å². The highest BCUT2D eigenvalue weighted by Gasteiger charge is 2.37. The molecule has 1 aliphatic rings. The molecule has 1 heterocycles. The fourth-order valence-corrected chi connectivity index (χ4v) is 3.96. The fraction of sp³-hybridized carbons (Fsp3) is 0.455. The molecular weight excluding hydrogens is 317 g/mol. The summed E-state index contributed by atoms with van der Waals surface area (Å²) in [7, 11) is -4.20. The molecule has 0 amide bonds. The standard InChI is InChI=1S/C11H13F3N2O2S.ClH/c12-8-3-4-9(11(14)10(8)13)19(17,18)16-5-1-2-7(16)6-15;/h3-4,7H,1-2,5-6,15H2;1H. The van der Waals surface area contributed by atoms with Gasteiger partial charge in [-0.3, -0.25) is 0 Å². The zero-order valence-electron chi connectivity index (χ0n) is 10.4. The molecule has 1 unspecified atom stereocenters. The Morgan fingerprint density at radius 1 is 1.25 bits per heavy atom. The highest BCUT2D eigenvalue weighted by Crippen LogP contribution is 2.28. The van der Waals surface area contributed by atoms with Gasteiger partial charge in [0.05, 0.1) is 0 Å². The van der Waals surface area contributed by atoms with Gasteiger partial charge in [-0.25, -0.2) is 21.6 Å². The van der Waals surface area contributed by atoms with Crippen LogP contribution in [-0.4, -0.2) is 31.9 Å². The number of hydrogen-bond acceptors (Lipinski definition) is 3. The van der Waals surface area contributed by atoms with Gasteiger partial charge < -0.3 is 5.73 Å². The molecule has 0 spiro atoms. The predicted molar refractivity (Wildman–Crippen MR) is 69.5 cm³/mol. The maximum absolute atomic E-state index is 13.6. The molecule has 1 atom stereocenters. The van der Waals surface area contributed by atoms with E-state index in [9.17, 15) is 21.6 Å². The van der Waals surface area contributed by atoms with Gasteiger partial charge in [0.25, 0.3) is 0 Å². The zero-order valence-corrected chi connectivity index (χ0v) is 12.0. The van der Waals surface area contributed by atoms with Crippen LogP contribution in [0.5, 0.6) is 0 Å². The molecule has 1 aromatic carbocycles. The minimum atomic E-state index is -4.20. The van der Waals surface area contributed by atoms with Crippen molar-refractivity contribution >= 4 is 22.4 Å². The Morgan fingerprint density at radius 3 is 2.50 bits per heavy atom. The van der Waals surface area contributed by atoms with E-state index in [0.717, 1.165) is 10.4 Å². The molecule has 20 heavy (non-hydrogen) atoms. The summed E-state index contributed by atoms with van der Waals surface area (Å²) >= 11 is 0. The Balaban J connectivity index is 0.00000200. The third-order valence-corrected chi connectivity index (χ3v) is 5.15. The Bertz CT molecular complexity index is 598. The first-order chi connectivity index (χ1) is 8.89. The molecule has 2 rings (SSSR count). The SMILES string of the molecule is Cl.NCC1CCCN1S(=O)(=O)c1ccc(F)c(F)c1F. The van der Waals surface area contributed by atoms with Crippen molar-refractivity contribution in [3.8, 4) is 0 Å².